The van der Waals surface area contributed by atoms with Crippen LogP contribution < -0.4 is 10.2 Å². The maximum absolute atomic E-state index is 13.4. The highest BCUT2D eigenvalue weighted by atomic mass is 19.2. The standard InChI is InChI=1S/C18H19F2N3O2/c19-14-4-3-13(7-15(14)20)23-6-5-11(10-23)9-21-18(24)16-8-17(25-22-16)12-1-2-12/h3-4,7-8,11-12H,1-2,5-6,9-10H2,(H,21,24)/t11-/m1/s1. The van der Waals surface area contributed by atoms with Crippen molar-refractivity contribution >= 4 is 11.6 Å². The van der Waals surface area contributed by atoms with E-state index in [1.165, 1.54) is 6.07 Å². The SMILES string of the molecule is O=C(NC[C@H]1CCN(c2ccc(F)c(F)c2)C1)c1cc(C2CC2)on1. The van der Waals surface area contributed by atoms with Crippen molar-refractivity contribution in [2.75, 3.05) is 24.5 Å². The Balaban J connectivity index is 1.30. The number of benzene rings is 1. The Bertz CT molecular complexity index is 788. The summed E-state index contributed by atoms with van der Waals surface area (Å²) in [6, 6.07) is 5.65. The highest BCUT2D eigenvalue weighted by Gasteiger charge is 2.29. The van der Waals surface area contributed by atoms with Gasteiger partial charge in [0, 0.05) is 43.4 Å². The molecule has 0 radical (unpaired) electrons. The minimum atomic E-state index is -0.843. The third kappa shape index (κ3) is 3.50. The van der Waals surface area contributed by atoms with Gasteiger partial charge in [0.2, 0.25) is 0 Å². The molecule has 2 aliphatic rings. The summed E-state index contributed by atoms with van der Waals surface area (Å²) >= 11 is 0. The summed E-state index contributed by atoms with van der Waals surface area (Å²) in [6.45, 7) is 1.96. The van der Waals surface area contributed by atoms with E-state index in [-0.39, 0.29) is 11.8 Å². The van der Waals surface area contributed by atoms with Gasteiger partial charge < -0.3 is 14.7 Å². The molecule has 1 aromatic heterocycles. The molecule has 1 amide bonds. The zero-order valence-electron chi connectivity index (χ0n) is 13.7. The summed E-state index contributed by atoms with van der Waals surface area (Å²) in [4.78, 5) is 14.2. The summed E-state index contributed by atoms with van der Waals surface area (Å²) in [6.07, 6.45) is 3.07. The first-order chi connectivity index (χ1) is 12.1. The van der Waals surface area contributed by atoms with Gasteiger partial charge in [-0.15, -0.1) is 0 Å². The molecule has 132 valence electrons. The molecule has 1 saturated carbocycles. The van der Waals surface area contributed by atoms with E-state index in [0.717, 1.165) is 37.6 Å². The lowest BCUT2D eigenvalue weighted by Crippen LogP contribution is -2.31. The molecule has 4 rings (SSSR count). The van der Waals surface area contributed by atoms with Crippen molar-refractivity contribution in [1.29, 1.82) is 0 Å². The number of carbonyl (C=O) groups is 1. The van der Waals surface area contributed by atoms with Crippen LogP contribution >= 0.6 is 0 Å². The topological polar surface area (TPSA) is 58.4 Å². The zero-order valence-corrected chi connectivity index (χ0v) is 13.7. The minimum absolute atomic E-state index is 0.234. The second-order valence-electron chi connectivity index (χ2n) is 6.80. The molecule has 25 heavy (non-hydrogen) atoms. The molecule has 2 fully saturated rings. The quantitative estimate of drug-likeness (QED) is 0.903. The van der Waals surface area contributed by atoms with E-state index in [2.05, 4.69) is 10.5 Å². The van der Waals surface area contributed by atoms with Gasteiger partial charge in [-0.2, -0.15) is 0 Å². The molecule has 7 heteroatoms. The third-order valence-corrected chi connectivity index (χ3v) is 4.85. The Hall–Kier alpha value is -2.44. The molecule has 0 spiro atoms. The smallest absolute Gasteiger partial charge is 0.273 e. The van der Waals surface area contributed by atoms with Crippen molar-refractivity contribution in [1.82, 2.24) is 10.5 Å². The van der Waals surface area contributed by atoms with Crippen molar-refractivity contribution in [3.05, 3.63) is 47.4 Å². The van der Waals surface area contributed by atoms with Crippen molar-refractivity contribution in [3.63, 3.8) is 0 Å². The lowest BCUT2D eigenvalue weighted by Gasteiger charge is -2.19. The Morgan fingerprint density at radius 2 is 2.08 bits per heavy atom. The van der Waals surface area contributed by atoms with Crippen LogP contribution in [0, 0.1) is 17.6 Å². The number of hydrogen-bond acceptors (Lipinski definition) is 4. The largest absolute Gasteiger partial charge is 0.371 e. The molecule has 2 heterocycles. The van der Waals surface area contributed by atoms with Gasteiger partial charge in [0.05, 0.1) is 0 Å². The van der Waals surface area contributed by atoms with Crippen LogP contribution in [0.4, 0.5) is 14.5 Å². The normalized spacial score (nSPS) is 20.1. The number of amides is 1. The Morgan fingerprint density at radius 1 is 1.24 bits per heavy atom. The first-order valence-corrected chi connectivity index (χ1v) is 8.55. The summed E-state index contributed by atoms with van der Waals surface area (Å²) in [5.41, 5.74) is 0.982. The lowest BCUT2D eigenvalue weighted by molar-refractivity contribution is 0.0939. The highest BCUT2D eigenvalue weighted by Crippen LogP contribution is 2.40. The molecular weight excluding hydrogens is 328 g/mol. The predicted octanol–water partition coefficient (Wildman–Crippen LogP) is 3.09. The van der Waals surface area contributed by atoms with Crippen LogP contribution in [0.5, 0.6) is 0 Å². The third-order valence-electron chi connectivity index (χ3n) is 4.85. The van der Waals surface area contributed by atoms with E-state index in [1.54, 1.807) is 12.1 Å². The van der Waals surface area contributed by atoms with Crippen LogP contribution in [0.15, 0.2) is 28.8 Å². The van der Waals surface area contributed by atoms with Crippen LogP contribution in [0.2, 0.25) is 0 Å². The van der Waals surface area contributed by atoms with Crippen LogP contribution in [0.1, 0.15) is 41.4 Å². The van der Waals surface area contributed by atoms with Crippen LogP contribution in [-0.2, 0) is 0 Å². The molecule has 0 bridgehead atoms. The number of aromatic nitrogens is 1. The van der Waals surface area contributed by atoms with Gasteiger partial charge in [-0.25, -0.2) is 8.78 Å². The molecule has 0 unspecified atom stereocenters. The van der Waals surface area contributed by atoms with Gasteiger partial charge in [0.25, 0.3) is 5.91 Å². The second-order valence-corrected chi connectivity index (χ2v) is 6.80. The van der Waals surface area contributed by atoms with Gasteiger partial charge in [-0.3, -0.25) is 4.79 Å². The fourth-order valence-corrected chi connectivity index (χ4v) is 3.20. The number of hydrogen-bond donors (Lipinski definition) is 1. The number of carbonyl (C=O) groups excluding carboxylic acids is 1. The van der Waals surface area contributed by atoms with E-state index in [4.69, 9.17) is 4.52 Å². The number of rotatable bonds is 5. The average molecular weight is 347 g/mol. The van der Waals surface area contributed by atoms with E-state index in [1.807, 2.05) is 4.90 Å². The van der Waals surface area contributed by atoms with E-state index in [9.17, 15) is 13.6 Å². The monoisotopic (exact) mass is 347 g/mol. The summed E-state index contributed by atoms with van der Waals surface area (Å²) in [5, 5.41) is 6.71. The number of nitrogens with zero attached hydrogens (tertiary/aromatic N) is 2. The molecule has 1 saturated heterocycles. The Kier molecular flexibility index (Phi) is 4.15. The molecule has 1 N–H and O–H groups in total. The Labute approximate surface area is 144 Å². The first kappa shape index (κ1) is 16.1. The van der Waals surface area contributed by atoms with E-state index < -0.39 is 11.6 Å². The number of nitrogens with one attached hydrogen (secondary N) is 1. The molecule has 1 aromatic carbocycles. The maximum Gasteiger partial charge on any atom is 0.273 e. The molecule has 1 aliphatic heterocycles. The van der Waals surface area contributed by atoms with Crippen molar-refractivity contribution in [2.24, 2.45) is 5.92 Å². The second kappa shape index (κ2) is 6.46. The zero-order chi connectivity index (χ0) is 17.4. The van der Waals surface area contributed by atoms with Crippen molar-refractivity contribution in [3.8, 4) is 0 Å². The highest BCUT2D eigenvalue weighted by molar-refractivity contribution is 5.92. The van der Waals surface area contributed by atoms with E-state index >= 15 is 0 Å². The average Bonchev–Trinajstić information content (AvgIpc) is 3.15. The molecular formula is C18H19F2N3O2. The fraction of sp³-hybridized carbons (Fsp3) is 0.444. The predicted molar refractivity (Wildman–Crippen MR) is 87.5 cm³/mol. The Morgan fingerprint density at radius 3 is 2.84 bits per heavy atom. The van der Waals surface area contributed by atoms with E-state index in [0.29, 0.717) is 30.4 Å². The summed E-state index contributed by atoms with van der Waals surface area (Å²) in [7, 11) is 0. The first-order valence-electron chi connectivity index (χ1n) is 8.55. The molecule has 1 aliphatic carbocycles. The fourth-order valence-electron chi connectivity index (χ4n) is 3.20. The van der Waals surface area contributed by atoms with Crippen LogP contribution in [-0.4, -0.2) is 30.7 Å². The van der Waals surface area contributed by atoms with Crippen LogP contribution in [0.25, 0.3) is 0 Å². The van der Waals surface area contributed by atoms with Gasteiger partial charge in [-0.05, 0) is 37.3 Å². The molecule has 1 atom stereocenters. The minimum Gasteiger partial charge on any atom is -0.371 e. The van der Waals surface area contributed by atoms with Crippen molar-refractivity contribution in [2.45, 2.75) is 25.2 Å². The van der Waals surface area contributed by atoms with Gasteiger partial charge in [0.15, 0.2) is 17.3 Å². The number of anilines is 1. The van der Waals surface area contributed by atoms with Gasteiger partial charge >= 0.3 is 0 Å². The summed E-state index contributed by atoms with van der Waals surface area (Å²) < 4.78 is 31.6. The van der Waals surface area contributed by atoms with Gasteiger partial charge in [-0.1, -0.05) is 5.16 Å². The van der Waals surface area contributed by atoms with Crippen LogP contribution in [0.3, 0.4) is 0 Å². The summed E-state index contributed by atoms with van der Waals surface area (Å²) in [5.74, 6) is -0.449. The van der Waals surface area contributed by atoms with Crippen molar-refractivity contribution < 1.29 is 18.1 Å². The molecule has 5 nitrogen and oxygen atoms in total. The maximum atomic E-state index is 13.4. The molecule has 2 aromatic rings. The lowest BCUT2D eigenvalue weighted by atomic mass is 10.1. The van der Waals surface area contributed by atoms with Gasteiger partial charge in [0.1, 0.15) is 5.76 Å². The number of halogens is 2.